The average Bonchev–Trinajstić information content (AvgIpc) is 2.80. The van der Waals surface area contributed by atoms with Gasteiger partial charge in [0.1, 0.15) is 18.1 Å². The number of carbonyl (C=O) groups is 4. The summed E-state index contributed by atoms with van der Waals surface area (Å²) in [5.74, 6) is -3.14. The highest BCUT2D eigenvalue weighted by Gasteiger charge is 2.29. The molecule has 0 bridgehead atoms. The highest BCUT2D eigenvalue weighted by atomic mass is 16.4. The van der Waals surface area contributed by atoms with Gasteiger partial charge in [0.2, 0.25) is 17.7 Å². The molecule has 0 fully saturated rings. The molecule has 1 aromatic carbocycles. The van der Waals surface area contributed by atoms with Gasteiger partial charge in [-0.3, -0.25) is 24.6 Å². The number of carbonyl (C=O) groups excluding carboxylic acids is 3. The van der Waals surface area contributed by atoms with Crippen molar-refractivity contribution < 1.29 is 24.3 Å². The Balaban J connectivity index is 2.91. The van der Waals surface area contributed by atoms with Crippen molar-refractivity contribution in [2.75, 3.05) is 6.54 Å². The molecule has 3 amide bonds. The summed E-state index contributed by atoms with van der Waals surface area (Å²) < 4.78 is 0. The van der Waals surface area contributed by atoms with Crippen molar-refractivity contribution in [1.82, 2.24) is 21.3 Å². The maximum atomic E-state index is 13.1. The maximum Gasteiger partial charge on any atom is 0.325 e. The minimum atomic E-state index is -1.22. The van der Waals surface area contributed by atoms with Crippen LogP contribution in [-0.2, 0) is 25.6 Å². The summed E-state index contributed by atoms with van der Waals surface area (Å²) in [6, 6.07) is 5.23. The van der Waals surface area contributed by atoms with Gasteiger partial charge in [-0.2, -0.15) is 0 Å². The van der Waals surface area contributed by atoms with E-state index in [1.165, 1.54) is 6.92 Å². The predicted molar refractivity (Wildman–Crippen MR) is 136 cm³/mol. The summed E-state index contributed by atoms with van der Waals surface area (Å²) in [6.07, 6.45) is 1.12. The van der Waals surface area contributed by atoms with E-state index in [0.717, 1.165) is 5.56 Å². The third-order valence-electron chi connectivity index (χ3n) is 5.32. The van der Waals surface area contributed by atoms with Crippen LogP contribution in [0.3, 0.4) is 0 Å². The molecule has 0 spiro atoms. The Morgan fingerprint density at radius 1 is 0.944 bits per heavy atom. The van der Waals surface area contributed by atoms with E-state index in [9.17, 15) is 19.2 Å². The first-order valence-corrected chi connectivity index (χ1v) is 11.9. The first-order valence-electron chi connectivity index (χ1n) is 11.9. The molecule has 36 heavy (non-hydrogen) atoms. The minimum Gasteiger partial charge on any atom is -0.480 e. The van der Waals surface area contributed by atoms with Crippen LogP contribution in [0.2, 0.25) is 0 Å². The smallest absolute Gasteiger partial charge is 0.325 e. The van der Waals surface area contributed by atoms with Gasteiger partial charge in [0.05, 0.1) is 6.04 Å². The fourth-order valence-electron chi connectivity index (χ4n) is 3.39. The first kappa shape index (κ1) is 30.4. The largest absolute Gasteiger partial charge is 0.480 e. The molecule has 4 unspecified atom stereocenters. The van der Waals surface area contributed by atoms with Crippen LogP contribution < -0.4 is 32.7 Å². The summed E-state index contributed by atoms with van der Waals surface area (Å²) in [5, 5.41) is 26.6. The van der Waals surface area contributed by atoms with E-state index in [-0.39, 0.29) is 24.8 Å². The number of amides is 3. The molecule has 0 saturated heterocycles. The Hall–Kier alpha value is -3.67. The lowest BCUT2D eigenvalue weighted by Crippen LogP contribution is -2.57. The zero-order valence-electron chi connectivity index (χ0n) is 21.0. The van der Waals surface area contributed by atoms with Crippen LogP contribution in [0.15, 0.2) is 30.3 Å². The van der Waals surface area contributed by atoms with Crippen molar-refractivity contribution >= 4 is 29.7 Å². The van der Waals surface area contributed by atoms with Crippen molar-refractivity contribution in [2.45, 2.75) is 70.6 Å². The van der Waals surface area contributed by atoms with Crippen LogP contribution in [0.25, 0.3) is 0 Å². The number of carboxylic acids is 1. The highest BCUT2D eigenvalue weighted by molar-refractivity contribution is 5.94. The fourth-order valence-corrected chi connectivity index (χ4v) is 3.39. The second-order valence-corrected chi connectivity index (χ2v) is 9.10. The number of carboxylic acid groups (broad SMARTS) is 1. The quantitative estimate of drug-likeness (QED) is 0.0875. The lowest BCUT2D eigenvalue weighted by molar-refractivity contribution is -0.141. The molecule has 0 radical (unpaired) electrons. The molecule has 12 nitrogen and oxygen atoms in total. The monoisotopic (exact) mass is 505 g/mol. The summed E-state index contributed by atoms with van der Waals surface area (Å²) >= 11 is 0. The Kier molecular flexibility index (Phi) is 12.9. The Morgan fingerprint density at radius 3 is 2.08 bits per heavy atom. The van der Waals surface area contributed by atoms with Gasteiger partial charge in [-0.15, -0.1) is 0 Å². The van der Waals surface area contributed by atoms with Crippen LogP contribution >= 0.6 is 0 Å². The topological polar surface area (TPSA) is 213 Å². The van der Waals surface area contributed by atoms with Gasteiger partial charge in [0, 0.05) is 6.54 Å². The highest BCUT2D eigenvalue weighted by Crippen LogP contribution is 2.08. The van der Waals surface area contributed by atoms with Crippen molar-refractivity contribution in [3.8, 4) is 0 Å². The number of aliphatic carboxylic acids is 1. The lowest BCUT2D eigenvalue weighted by Gasteiger charge is -2.26. The zero-order chi connectivity index (χ0) is 27.3. The van der Waals surface area contributed by atoms with Gasteiger partial charge in [-0.1, -0.05) is 44.2 Å². The zero-order valence-corrected chi connectivity index (χ0v) is 21.0. The lowest BCUT2D eigenvalue weighted by atomic mass is 10.0. The van der Waals surface area contributed by atoms with E-state index in [0.29, 0.717) is 19.3 Å². The Bertz CT molecular complexity index is 894. The van der Waals surface area contributed by atoms with Gasteiger partial charge in [-0.05, 0) is 44.1 Å². The molecule has 0 heterocycles. The van der Waals surface area contributed by atoms with Crippen molar-refractivity contribution in [1.29, 1.82) is 5.41 Å². The molecule has 12 heteroatoms. The van der Waals surface area contributed by atoms with Gasteiger partial charge >= 0.3 is 5.97 Å². The number of nitrogens with one attached hydrogen (secondary N) is 5. The van der Waals surface area contributed by atoms with Crippen molar-refractivity contribution in [3.63, 3.8) is 0 Å². The summed E-state index contributed by atoms with van der Waals surface area (Å²) in [6.45, 7) is 5.38. The molecular weight excluding hydrogens is 466 g/mol. The average molecular weight is 506 g/mol. The van der Waals surface area contributed by atoms with E-state index in [4.69, 9.17) is 22.0 Å². The number of benzene rings is 1. The molecular formula is C24H39N7O5. The molecule has 200 valence electrons. The minimum absolute atomic E-state index is 0.0467. The molecule has 0 aromatic heterocycles. The van der Waals surface area contributed by atoms with Crippen LogP contribution in [-0.4, -0.2) is 65.5 Å². The third kappa shape index (κ3) is 11.6. The van der Waals surface area contributed by atoms with Crippen LogP contribution in [0.1, 0.15) is 45.6 Å². The fraction of sp³-hybridized carbons (Fsp3) is 0.542. The number of guanidine groups is 1. The normalized spacial score (nSPS) is 14.1. The van der Waals surface area contributed by atoms with E-state index in [1.807, 2.05) is 44.2 Å². The van der Waals surface area contributed by atoms with Crippen LogP contribution in [0.5, 0.6) is 0 Å². The maximum absolute atomic E-state index is 13.1. The van der Waals surface area contributed by atoms with E-state index >= 15 is 0 Å². The number of nitrogens with two attached hydrogens (primary N) is 2. The molecule has 0 aliphatic carbocycles. The molecule has 1 rings (SSSR count). The number of hydrogen-bond donors (Lipinski definition) is 8. The number of hydrogen-bond acceptors (Lipinski definition) is 6. The van der Waals surface area contributed by atoms with Crippen molar-refractivity contribution in [3.05, 3.63) is 35.9 Å². The van der Waals surface area contributed by atoms with Crippen molar-refractivity contribution in [2.24, 2.45) is 17.4 Å². The van der Waals surface area contributed by atoms with E-state index in [1.54, 1.807) is 0 Å². The standard InChI is InChI=1S/C24H39N7O5/c1-14(2)12-19(31-20(32)17(25)13-16-8-5-4-6-9-16)22(34)30-18(10-7-11-28-24(26)27)21(33)29-15(3)23(35)36/h4-6,8-9,14-15,17-19H,7,10-13,25H2,1-3H3,(H,29,33)(H,30,34)(H,31,32)(H,35,36)(H4,26,27,28). The molecule has 0 aliphatic heterocycles. The third-order valence-corrected chi connectivity index (χ3v) is 5.32. The van der Waals surface area contributed by atoms with E-state index in [2.05, 4.69) is 21.3 Å². The second-order valence-electron chi connectivity index (χ2n) is 9.10. The Morgan fingerprint density at radius 2 is 1.53 bits per heavy atom. The molecule has 4 atom stereocenters. The molecule has 10 N–H and O–H groups in total. The van der Waals surface area contributed by atoms with E-state index < -0.39 is 47.9 Å². The van der Waals surface area contributed by atoms with Gasteiger partial charge in [0.25, 0.3) is 0 Å². The SMILES string of the molecule is CC(C)CC(NC(=O)C(N)Cc1ccccc1)C(=O)NC(CCCNC(=N)N)C(=O)NC(C)C(=O)O. The van der Waals surface area contributed by atoms with Gasteiger partial charge < -0.3 is 37.8 Å². The van der Waals surface area contributed by atoms with Crippen LogP contribution in [0.4, 0.5) is 0 Å². The van der Waals surface area contributed by atoms with Crippen LogP contribution in [0, 0.1) is 11.3 Å². The predicted octanol–water partition coefficient (Wildman–Crippen LogP) is -0.575. The number of rotatable bonds is 15. The molecule has 1 aromatic rings. The van der Waals surface area contributed by atoms with Gasteiger partial charge in [-0.25, -0.2) is 0 Å². The molecule has 0 aliphatic rings. The first-order chi connectivity index (χ1) is 16.9. The second kappa shape index (κ2) is 15.4. The summed E-state index contributed by atoms with van der Waals surface area (Å²) in [5.41, 5.74) is 12.2. The molecule has 0 saturated carbocycles. The Labute approximate surface area is 211 Å². The van der Waals surface area contributed by atoms with Gasteiger partial charge in [0.15, 0.2) is 5.96 Å². The summed E-state index contributed by atoms with van der Waals surface area (Å²) in [7, 11) is 0. The summed E-state index contributed by atoms with van der Waals surface area (Å²) in [4.78, 5) is 49.8.